The molecule has 7 nitrogen and oxygen atoms in total. The standard InChI is InChI=1S/C22H23F3N2O5S/c23-22(24,25)14-26-33(29,30)17-6-4-16(5-7-17)27-20(28)21(9-1-2-10-21)15-3-8-18-19(13-15)32-12-11-31-18/h3-8,13,26H,1-2,9-12,14H2,(H,27,28). The van der Waals surface area contributed by atoms with E-state index < -0.39 is 28.2 Å². The molecule has 0 bridgehead atoms. The Morgan fingerprint density at radius 1 is 0.970 bits per heavy atom. The molecule has 1 fully saturated rings. The van der Waals surface area contributed by atoms with E-state index in [1.165, 1.54) is 16.9 Å². The number of sulfonamides is 1. The Morgan fingerprint density at radius 3 is 2.24 bits per heavy atom. The highest BCUT2D eigenvalue weighted by Gasteiger charge is 2.43. The van der Waals surface area contributed by atoms with Crippen LogP contribution in [0.2, 0.25) is 0 Å². The molecule has 2 aliphatic rings. The summed E-state index contributed by atoms with van der Waals surface area (Å²) in [7, 11) is -4.33. The molecule has 33 heavy (non-hydrogen) atoms. The summed E-state index contributed by atoms with van der Waals surface area (Å²) >= 11 is 0. The van der Waals surface area contributed by atoms with Gasteiger partial charge in [0, 0.05) is 5.69 Å². The third-order valence-electron chi connectivity index (χ3n) is 5.87. The van der Waals surface area contributed by atoms with Crippen LogP contribution in [0.25, 0.3) is 0 Å². The fraction of sp³-hybridized carbons (Fsp3) is 0.409. The normalized spacial score (nSPS) is 17.5. The van der Waals surface area contributed by atoms with Crippen LogP contribution in [-0.2, 0) is 20.2 Å². The maximum Gasteiger partial charge on any atom is 0.402 e. The number of carbonyl (C=O) groups is 1. The number of fused-ring (bicyclic) bond motifs is 1. The SMILES string of the molecule is O=C(Nc1ccc(S(=O)(=O)NCC(F)(F)F)cc1)C1(c2ccc3c(c2)OCCO3)CCCC1. The van der Waals surface area contributed by atoms with Crippen molar-refractivity contribution < 1.29 is 35.9 Å². The summed E-state index contributed by atoms with van der Waals surface area (Å²) < 4.78 is 73.9. The predicted octanol–water partition coefficient (Wildman–Crippen LogP) is 3.75. The number of hydrogen-bond acceptors (Lipinski definition) is 5. The molecule has 0 aromatic heterocycles. The first kappa shape index (κ1) is 23.4. The van der Waals surface area contributed by atoms with Crippen molar-refractivity contribution in [3.63, 3.8) is 0 Å². The van der Waals surface area contributed by atoms with Crippen molar-refractivity contribution in [1.82, 2.24) is 4.72 Å². The van der Waals surface area contributed by atoms with E-state index >= 15 is 0 Å². The number of rotatable bonds is 6. The van der Waals surface area contributed by atoms with Crippen molar-refractivity contribution in [2.75, 3.05) is 25.1 Å². The average molecular weight is 484 g/mol. The van der Waals surface area contributed by atoms with E-state index in [0.717, 1.165) is 30.5 Å². The highest BCUT2D eigenvalue weighted by molar-refractivity contribution is 7.89. The second-order valence-electron chi connectivity index (χ2n) is 8.07. The van der Waals surface area contributed by atoms with Crippen LogP contribution < -0.4 is 19.5 Å². The van der Waals surface area contributed by atoms with E-state index in [0.29, 0.717) is 43.2 Å². The minimum atomic E-state index is -4.66. The van der Waals surface area contributed by atoms with Gasteiger partial charge in [-0.25, -0.2) is 13.1 Å². The van der Waals surface area contributed by atoms with Gasteiger partial charge in [0.1, 0.15) is 19.8 Å². The molecule has 0 saturated heterocycles. The van der Waals surface area contributed by atoms with Gasteiger partial charge in [-0.05, 0) is 54.8 Å². The van der Waals surface area contributed by atoms with Gasteiger partial charge in [0.15, 0.2) is 11.5 Å². The van der Waals surface area contributed by atoms with Gasteiger partial charge in [-0.15, -0.1) is 0 Å². The molecule has 1 saturated carbocycles. The maximum absolute atomic E-state index is 13.4. The lowest BCUT2D eigenvalue weighted by Gasteiger charge is -2.30. The molecule has 1 heterocycles. The van der Waals surface area contributed by atoms with Crippen LogP contribution in [0.15, 0.2) is 47.4 Å². The number of ether oxygens (including phenoxy) is 2. The largest absolute Gasteiger partial charge is 0.486 e. The van der Waals surface area contributed by atoms with Crippen LogP contribution in [0.4, 0.5) is 18.9 Å². The van der Waals surface area contributed by atoms with Gasteiger partial charge < -0.3 is 14.8 Å². The number of alkyl halides is 3. The van der Waals surface area contributed by atoms with Crippen molar-refractivity contribution in [2.24, 2.45) is 0 Å². The van der Waals surface area contributed by atoms with Crippen molar-refractivity contribution in [1.29, 1.82) is 0 Å². The molecule has 0 spiro atoms. The molecule has 1 aliphatic carbocycles. The smallest absolute Gasteiger partial charge is 0.402 e. The van der Waals surface area contributed by atoms with E-state index in [1.54, 1.807) is 6.07 Å². The van der Waals surface area contributed by atoms with E-state index in [2.05, 4.69) is 5.32 Å². The molecular weight excluding hydrogens is 461 g/mol. The Balaban J connectivity index is 1.52. The lowest BCUT2D eigenvalue weighted by Crippen LogP contribution is -2.38. The van der Waals surface area contributed by atoms with E-state index in [-0.39, 0.29) is 10.8 Å². The molecule has 1 amide bonds. The molecule has 2 aromatic rings. The van der Waals surface area contributed by atoms with Crippen LogP contribution in [0, 0.1) is 0 Å². The van der Waals surface area contributed by atoms with Gasteiger partial charge >= 0.3 is 6.18 Å². The van der Waals surface area contributed by atoms with Crippen LogP contribution in [0.3, 0.4) is 0 Å². The molecule has 1 aliphatic heterocycles. The van der Waals surface area contributed by atoms with Gasteiger partial charge in [-0.1, -0.05) is 18.9 Å². The Bertz CT molecular complexity index is 1130. The topological polar surface area (TPSA) is 93.7 Å². The molecule has 2 aromatic carbocycles. The van der Waals surface area contributed by atoms with E-state index in [9.17, 15) is 26.4 Å². The highest BCUT2D eigenvalue weighted by Crippen LogP contribution is 2.45. The number of halogens is 3. The van der Waals surface area contributed by atoms with Gasteiger partial charge in [-0.2, -0.15) is 13.2 Å². The predicted molar refractivity (Wildman–Crippen MR) is 114 cm³/mol. The third-order valence-corrected chi connectivity index (χ3v) is 7.29. The molecule has 0 atom stereocenters. The molecular formula is C22H23F3N2O5S. The van der Waals surface area contributed by atoms with Gasteiger partial charge in [-0.3, -0.25) is 4.79 Å². The lowest BCUT2D eigenvalue weighted by atomic mass is 9.77. The highest BCUT2D eigenvalue weighted by atomic mass is 32.2. The third kappa shape index (κ3) is 5.09. The first-order chi connectivity index (χ1) is 15.6. The van der Waals surface area contributed by atoms with Crippen LogP contribution in [-0.4, -0.2) is 40.3 Å². The summed E-state index contributed by atoms with van der Waals surface area (Å²) in [6.07, 6.45) is -1.61. The van der Waals surface area contributed by atoms with Gasteiger partial charge in [0.25, 0.3) is 0 Å². The zero-order chi connectivity index (χ0) is 23.7. The number of carbonyl (C=O) groups excluding carboxylic acids is 1. The summed E-state index contributed by atoms with van der Waals surface area (Å²) in [5.74, 6) is 0.996. The molecule has 0 radical (unpaired) electrons. The molecule has 178 valence electrons. The van der Waals surface area contributed by atoms with Gasteiger partial charge in [0.2, 0.25) is 15.9 Å². The fourth-order valence-corrected chi connectivity index (χ4v) is 5.21. The van der Waals surface area contributed by atoms with Crippen LogP contribution >= 0.6 is 0 Å². The van der Waals surface area contributed by atoms with Crippen LogP contribution in [0.1, 0.15) is 31.2 Å². The molecule has 0 unspecified atom stereocenters. The first-order valence-electron chi connectivity index (χ1n) is 10.5. The number of hydrogen-bond donors (Lipinski definition) is 2. The Kier molecular flexibility index (Phi) is 6.28. The van der Waals surface area contributed by atoms with Crippen molar-refractivity contribution in [3.8, 4) is 11.5 Å². The lowest BCUT2D eigenvalue weighted by molar-refractivity contribution is -0.122. The quantitative estimate of drug-likeness (QED) is 0.652. The molecule has 11 heteroatoms. The zero-order valence-electron chi connectivity index (χ0n) is 17.6. The fourth-order valence-electron chi connectivity index (χ4n) is 4.19. The zero-order valence-corrected chi connectivity index (χ0v) is 18.4. The summed E-state index contributed by atoms with van der Waals surface area (Å²) in [6, 6.07) is 10.5. The molecule has 4 rings (SSSR count). The Morgan fingerprint density at radius 2 is 1.61 bits per heavy atom. The van der Waals surface area contributed by atoms with Crippen molar-refractivity contribution in [2.45, 2.75) is 42.2 Å². The summed E-state index contributed by atoms with van der Waals surface area (Å²) in [6.45, 7) is -0.760. The minimum Gasteiger partial charge on any atom is -0.486 e. The number of anilines is 1. The monoisotopic (exact) mass is 484 g/mol. The summed E-state index contributed by atoms with van der Waals surface area (Å²) in [5, 5.41) is 2.83. The second kappa shape index (κ2) is 8.86. The average Bonchev–Trinajstić information content (AvgIpc) is 3.29. The first-order valence-corrected chi connectivity index (χ1v) is 12.0. The van der Waals surface area contributed by atoms with Crippen molar-refractivity contribution in [3.05, 3.63) is 48.0 Å². The van der Waals surface area contributed by atoms with Crippen molar-refractivity contribution >= 4 is 21.6 Å². The molecule has 2 N–H and O–H groups in total. The van der Waals surface area contributed by atoms with E-state index in [1.807, 2.05) is 12.1 Å². The minimum absolute atomic E-state index is 0.234. The van der Waals surface area contributed by atoms with E-state index in [4.69, 9.17) is 9.47 Å². The summed E-state index contributed by atoms with van der Waals surface area (Å²) in [5.41, 5.74) is 0.394. The number of amides is 1. The number of benzene rings is 2. The maximum atomic E-state index is 13.4. The second-order valence-corrected chi connectivity index (χ2v) is 9.83. The Labute approximate surface area is 189 Å². The number of nitrogens with one attached hydrogen (secondary N) is 2. The Hall–Kier alpha value is -2.79. The van der Waals surface area contributed by atoms with Crippen LogP contribution in [0.5, 0.6) is 11.5 Å². The summed E-state index contributed by atoms with van der Waals surface area (Å²) in [4.78, 5) is 13.0. The van der Waals surface area contributed by atoms with Gasteiger partial charge in [0.05, 0.1) is 10.3 Å².